The number of fused-ring (bicyclic) bond motifs is 1. The summed E-state index contributed by atoms with van der Waals surface area (Å²) in [6, 6.07) is 21.6. The Labute approximate surface area is 181 Å². The normalized spacial score (nSPS) is 11.0. The standard InChI is InChI=1S/C26H26N2O3/c1-3-4-12-24-27-22-10-7-8-18(2)25(22)28(24)17-19-13-15-20(16-14-19)21-9-5-6-11-23(21)31-26(29)30/h5-11,13-16H,3-4,12,17H2,1-2H3,(H,29,30). The van der Waals surface area contributed by atoms with Crippen LogP contribution in [0.25, 0.3) is 22.2 Å². The lowest BCUT2D eigenvalue weighted by atomic mass is 10.0. The van der Waals surface area contributed by atoms with E-state index in [4.69, 9.17) is 14.8 Å². The Bertz CT molecular complexity index is 1210. The molecule has 0 saturated heterocycles. The van der Waals surface area contributed by atoms with Gasteiger partial charge in [0.25, 0.3) is 0 Å². The van der Waals surface area contributed by atoms with Crippen LogP contribution in [-0.4, -0.2) is 20.8 Å². The predicted octanol–water partition coefficient (Wildman–Crippen LogP) is 6.46. The summed E-state index contributed by atoms with van der Waals surface area (Å²) < 4.78 is 7.26. The average molecular weight is 415 g/mol. The predicted molar refractivity (Wildman–Crippen MR) is 123 cm³/mol. The van der Waals surface area contributed by atoms with Crippen LogP contribution in [-0.2, 0) is 13.0 Å². The number of para-hydroxylation sites is 2. The molecule has 5 nitrogen and oxygen atoms in total. The summed E-state index contributed by atoms with van der Waals surface area (Å²) in [7, 11) is 0. The van der Waals surface area contributed by atoms with Crippen molar-refractivity contribution in [2.45, 2.75) is 39.7 Å². The van der Waals surface area contributed by atoms with Crippen LogP contribution in [0.15, 0.2) is 66.7 Å². The molecule has 158 valence electrons. The van der Waals surface area contributed by atoms with Crippen molar-refractivity contribution >= 4 is 17.2 Å². The molecule has 0 radical (unpaired) electrons. The van der Waals surface area contributed by atoms with Gasteiger partial charge in [-0.25, -0.2) is 9.78 Å². The molecule has 5 heteroatoms. The van der Waals surface area contributed by atoms with Crippen LogP contribution in [0.2, 0.25) is 0 Å². The minimum absolute atomic E-state index is 0.334. The smallest absolute Gasteiger partial charge is 0.449 e. The average Bonchev–Trinajstić information content (AvgIpc) is 3.11. The maximum absolute atomic E-state index is 11.0. The van der Waals surface area contributed by atoms with Crippen molar-refractivity contribution < 1.29 is 14.6 Å². The Morgan fingerprint density at radius 1 is 1.03 bits per heavy atom. The second kappa shape index (κ2) is 9.04. The first-order chi connectivity index (χ1) is 15.1. The third-order valence-corrected chi connectivity index (χ3v) is 5.49. The molecular formula is C26H26N2O3. The molecule has 3 aromatic carbocycles. The Morgan fingerprint density at radius 2 is 1.81 bits per heavy atom. The summed E-state index contributed by atoms with van der Waals surface area (Å²) in [5, 5.41) is 8.99. The van der Waals surface area contributed by atoms with Gasteiger partial charge in [0.1, 0.15) is 11.6 Å². The van der Waals surface area contributed by atoms with Crippen LogP contribution in [0, 0.1) is 6.92 Å². The molecule has 0 aliphatic carbocycles. The van der Waals surface area contributed by atoms with Crippen molar-refractivity contribution in [1.29, 1.82) is 0 Å². The van der Waals surface area contributed by atoms with Gasteiger partial charge in [-0.15, -0.1) is 0 Å². The van der Waals surface area contributed by atoms with E-state index in [1.165, 1.54) is 16.6 Å². The van der Waals surface area contributed by atoms with Crippen LogP contribution in [0.5, 0.6) is 5.75 Å². The molecule has 1 N–H and O–H groups in total. The molecule has 0 atom stereocenters. The van der Waals surface area contributed by atoms with Gasteiger partial charge in [-0.2, -0.15) is 0 Å². The number of rotatable bonds is 7. The molecule has 31 heavy (non-hydrogen) atoms. The highest BCUT2D eigenvalue weighted by atomic mass is 16.7. The van der Waals surface area contributed by atoms with E-state index in [0.717, 1.165) is 48.3 Å². The fourth-order valence-corrected chi connectivity index (χ4v) is 3.97. The van der Waals surface area contributed by atoms with Crippen LogP contribution in [0.3, 0.4) is 0 Å². The molecule has 0 unspecified atom stereocenters. The van der Waals surface area contributed by atoms with Gasteiger partial charge in [0, 0.05) is 18.5 Å². The van der Waals surface area contributed by atoms with E-state index in [0.29, 0.717) is 5.75 Å². The largest absolute Gasteiger partial charge is 0.511 e. The van der Waals surface area contributed by atoms with Crippen molar-refractivity contribution in [3.63, 3.8) is 0 Å². The maximum Gasteiger partial charge on any atom is 0.511 e. The van der Waals surface area contributed by atoms with Crippen molar-refractivity contribution in [3.05, 3.63) is 83.7 Å². The highest BCUT2D eigenvalue weighted by Crippen LogP contribution is 2.30. The Balaban J connectivity index is 1.66. The topological polar surface area (TPSA) is 64.4 Å². The number of ether oxygens (including phenoxy) is 1. The number of hydrogen-bond acceptors (Lipinski definition) is 3. The fraction of sp³-hybridized carbons (Fsp3) is 0.231. The number of nitrogens with zero attached hydrogens (tertiary/aromatic N) is 2. The van der Waals surface area contributed by atoms with Gasteiger partial charge >= 0.3 is 6.16 Å². The molecule has 0 aliphatic heterocycles. The van der Waals surface area contributed by atoms with Gasteiger partial charge in [0.15, 0.2) is 0 Å². The highest BCUT2D eigenvalue weighted by Gasteiger charge is 2.14. The van der Waals surface area contributed by atoms with Gasteiger partial charge in [0.2, 0.25) is 0 Å². The summed E-state index contributed by atoms with van der Waals surface area (Å²) in [5.74, 6) is 1.45. The van der Waals surface area contributed by atoms with Gasteiger partial charge in [0.05, 0.1) is 11.0 Å². The van der Waals surface area contributed by atoms with E-state index < -0.39 is 6.16 Å². The van der Waals surface area contributed by atoms with E-state index in [1.807, 2.05) is 24.3 Å². The van der Waals surface area contributed by atoms with Gasteiger partial charge in [-0.1, -0.05) is 67.9 Å². The minimum Gasteiger partial charge on any atom is -0.449 e. The first-order valence-corrected chi connectivity index (χ1v) is 10.6. The van der Waals surface area contributed by atoms with E-state index in [9.17, 15) is 4.79 Å². The van der Waals surface area contributed by atoms with Crippen molar-refractivity contribution in [3.8, 4) is 16.9 Å². The molecule has 0 fully saturated rings. The fourth-order valence-electron chi connectivity index (χ4n) is 3.97. The second-order valence-electron chi connectivity index (χ2n) is 7.72. The summed E-state index contributed by atoms with van der Waals surface area (Å²) >= 11 is 0. The third kappa shape index (κ3) is 4.45. The third-order valence-electron chi connectivity index (χ3n) is 5.49. The van der Waals surface area contributed by atoms with Crippen LogP contribution >= 0.6 is 0 Å². The molecule has 4 aromatic rings. The zero-order valence-electron chi connectivity index (χ0n) is 17.8. The lowest BCUT2D eigenvalue weighted by molar-refractivity contribution is 0.144. The van der Waals surface area contributed by atoms with Crippen molar-refractivity contribution in [2.75, 3.05) is 0 Å². The van der Waals surface area contributed by atoms with Gasteiger partial charge in [-0.05, 0) is 42.2 Å². The number of carboxylic acid groups (broad SMARTS) is 1. The molecule has 0 bridgehead atoms. The van der Waals surface area contributed by atoms with Gasteiger partial charge in [-0.3, -0.25) is 0 Å². The highest BCUT2D eigenvalue weighted by molar-refractivity contribution is 5.80. The number of aromatic nitrogens is 2. The number of unbranched alkanes of at least 4 members (excludes halogenated alkanes) is 1. The molecule has 0 spiro atoms. The van der Waals surface area contributed by atoms with E-state index >= 15 is 0 Å². The van der Waals surface area contributed by atoms with Gasteiger partial charge < -0.3 is 14.4 Å². The molecular weight excluding hydrogens is 388 g/mol. The summed E-state index contributed by atoms with van der Waals surface area (Å²) in [5.41, 5.74) is 6.30. The molecule has 1 aromatic heterocycles. The summed E-state index contributed by atoms with van der Waals surface area (Å²) in [4.78, 5) is 15.9. The van der Waals surface area contributed by atoms with Crippen molar-refractivity contribution in [2.24, 2.45) is 0 Å². The monoisotopic (exact) mass is 414 g/mol. The Morgan fingerprint density at radius 3 is 2.55 bits per heavy atom. The zero-order chi connectivity index (χ0) is 21.8. The number of imidazole rings is 1. The maximum atomic E-state index is 11.0. The van der Waals surface area contributed by atoms with E-state index in [-0.39, 0.29) is 0 Å². The quantitative estimate of drug-likeness (QED) is 0.278. The molecule has 1 heterocycles. The zero-order valence-corrected chi connectivity index (χ0v) is 17.8. The molecule has 0 amide bonds. The Kier molecular flexibility index (Phi) is 6.03. The molecule has 0 aliphatic rings. The number of benzene rings is 3. The molecule has 0 saturated carbocycles. The molecule has 4 rings (SSSR count). The van der Waals surface area contributed by atoms with E-state index in [2.05, 4.69) is 48.7 Å². The van der Waals surface area contributed by atoms with Crippen LogP contribution in [0.4, 0.5) is 4.79 Å². The summed E-state index contributed by atoms with van der Waals surface area (Å²) in [6.07, 6.45) is 1.89. The van der Waals surface area contributed by atoms with Crippen molar-refractivity contribution in [1.82, 2.24) is 9.55 Å². The van der Waals surface area contributed by atoms with Crippen LogP contribution < -0.4 is 4.74 Å². The first-order valence-electron chi connectivity index (χ1n) is 10.6. The lowest BCUT2D eigenvalue weighted by Crippen LogP contribution is -2.06. The second-order valence-corrected chi connectivity index (χ2v) is 7.72. The Hall–Kier alpha value is -3.60. The SMILES string of the molecule is CCCCc1nc2cccc(C)c2n1Cc1ccc(-c2ccccc2OC(=O)O)cc1. The minimum atomic E-state index is -1.31. The lowest BCUT2D eigenvalue weighted by Gasteiger charge is -2.12. The van der Waals surface area contributed by atoms with Crippen LogP contribution in [0.1, 0.15) is 36.7 Å². The number of carbonyl (C=O) groups is 1. The number of hydrogen-bond donors (Lipinski definition) is 1. The summed E-state index contributed by atoms with van der Waals surface area (Å²) in [6.45, 7) is 5.07. The number of aryl methyl sites for hydroxylation is 2. The van der Waals surface area contributed by atoms with E-state index in [1.54, 1.807) is 12.1 Å². The first kappa shape index (κ1) is 20.7.